The Bertz CT molecular complexity index is 1130. The van der Waals surface area contributed by atoms with Gasteiger partial charge in [-0.1, -0.05) is 5.21 Å². The SMILES string of the molecule is Cc1cc2cnc(NC3CCN(S(C)(=O)=O)CC3)nc2c2c1nnn2C(C)C. The van der Waals surface area contributed by atoms with E-state index >= 15 is 0 Å². The Labute approximate surface area is 164 Å². The summed E-state index contributed by atoms with van der Waals surface area (Å²) in [5.74, 6) is 0.548. The molecule has 2 aromatic heterocycles. The summed E-state index contributed by atoms with van der Waals surface area (Å²) in [5.41, 5.74) is 3.65. The number of aromatic nitrogens is 5. The molecule has 0 bridgehead atoms. The molecule has 3 heterocycles. The van der Waals surface area contributed by atoms with Crippen LogP contribution < -0.4 is 5.32 Å². The Morgan fingerprint density at radius 3 is 2.57 bits per heavy atom. The van der Waals surface area contributed by atoms with E-state index < -0.39 is 10.0 Å². The third kappa shape index (κ3) is 3.42. The van der Waals surface area contributed by atoms with Crippen molar-refractivity contribution >= 4 is 37.9 Å². The number of piperidine rings is 1. The van der Waals surface area contributed by atoms with Gasteiger partial charge in [0.15, 0.2) is 0 Å². The molecule has 0 aliphatic carbocycles. The molecule has 0 atom stereocenters. The van der Waals surface area contributed by atoms with E-state index in [9.17, 15) is 8.42 Å². The molecule has 1 aliphatic rings. The second-order valence-corrected chi connectivity index (χ2v) is 9.71. The molecule has 1 aromatic carbocycles. The lowest BCUT2D eigenvalue weighted by atomic mass is 10.1. The lowest BCUT2D eigenvalue weighted by molar-refractivity contribution is 0.331. The third-order valence-electron chi connectivity index (χ3n) is 5.23. The van der Waals surface area contributed by atoms with Gasteiger partial charge in [0.2, 0.25) is 16.0 Å². The van der Waals surface area contributed by atoms with Gasteiger partial charge in [-0.25, -0.2) is 27.4 Å². The minimum atomic E-state index is -3.13. The van der Waals surface area contributed by atoms with Crippen molar-refractivity contribution < 1.29 is 8.42 Å². The van der Waals surface area contributed by atoms with Crippen molar-refractivity contribution in [2.75, 3.05) is 24.7 Å². The van der Waals surface area contributed by atoms with Crippen LogP contribution in [0.25, 0.3) is 21.9 Å². The lowest BCUT2D eigenvalue weighted by Gasteiger charge is -2.30. The number of fused-ring (bicyclic) bond motifs is 3. The Kier molecular flexibility index (Phi) is 4.70. The van der Waals surface area contributed by atoms with Crippen LogP contribution in [-0.4, -0.2) is 63.1 Å². The number of nitrogens with zero attached hydrogens (tertiary/aromatic N) is 6. The molecular formula is C18H25N7O2S. The summed E-state index contributed by atoms with van der Waals surface area (Å²) in [7, 11) is -3.13. The molecular weight excluding hydrogens is 378 g/mol. The van der Waals surface area contributed by atoms with Gasteiger partial charge in [0.05, 0.1) is 6.26 Å². The van der Waals surface area contributed by atoms with Crippen LogP contribution in [0, 0.1) is 6.92 Å². The molecule has 3 aromatic rings. The van der Waals surface area contributed by atoms with E-state index in [1.54, 1.807) is 0 Å². The second kappa shape index (κ2) is 6.93. The Morgan fingerprint density at radius 1 is 1.21 bits per heavy atom. The van der Waals surface area contributed by atoms with Gasteiger partial charge in [0.25, 0.3) is 0 Å². The molecule has 0 amide bonds. The summed E-state index contributed by atoms with van der Waals surface area (Å²) in [6.07, 6.45) is 4.53. The maximum Gasteiger partial charge on any atom is 0.223 e. The molecule has 0 saturated carbocycles. The monoisotopic (exact) mass is 403 g/mol. The Morgan fingerprint density at radius 2 is 1.93 bits per heavy atom. The molecule has 1 aliphatic heterocycles. The van der Waals surface area contributed by atoms with Gasteiger partial charge in [0.1, 0.15) is 16.6 Å². The zero-order chi connectivity index (χ0) is 20.1. The number of benzene rings is 1. The minimum Gasteiger partial charge on any atom is -0.351 e. The molecule has 1 fully saturated rings. The Hall–Kier alpha value is -2.33. The van der Waals surface area contributed by atoms with Crippen LogP contribution >= 0.6 is 0 Å². The van der Waals surface area contributed by atoms with E-state index in [0.29, 0.717) is 19.0 Å². The third-order valence-corrected chi connectivity index (χ3v) is 6.53. The summed E-state index contributed by atoms with van der Waals surface area (Å²) in [4.78, 5) is 9.24. The summed E-state index contributed by atoms with van der Waals surface area (Å²) < 4.78 is 26.8. The highest BCUT2D eigenvalue weighted by Crippen LogP contribution is 2.28. The number of aryl methyl sites for hydroxylation is 1. The van der Waals surface area contributed by atoms with Crippen molar-refractivity contribution in [3.63, 3.8) is 0 Å². The van der Waals surface area contributed by atoms with E-state index in [1.807, 2.05) is 23.9 Å². The maximum atomic E-state index is 11.7. The van der Waals surface area contributed by atoms with E-state index in [0.717, 1.165) is 40.3 Å². The number of rotatable bonds is 4. The molecule has 0 radical (unpaired) electrons. The Balaban J connectivity index is 1.65. The molecule has 10 heteroatoms. The number of hydrogen-bond acceptors (Lipinski definition) is 7. The number of anilines is 1. The average molecular weight is 404 g/mol. The minimum absolute atomic E-state index is 0.143. The predicted molar refractivity (Wildman–Crippen MR) is 109 cm³/mol. The number of sulfonamides is 1. The van der Waals surface area contributed by atoms with Crippen LogP contribution in [0.15, 0.2) is 12.3 Å². The first-order valence-corrected chi connectivity index (χ1v) is 11.3. The standard InChI is InChI=1S/C18H25N7O2S/c1-11(2)25-17-15(22-23-25)12(3)9-13-10-19-18(21-16(13)17)20-14-5-7-24(8-6-14)28(4,26)27/h9-11,14H,5-8H2,1-4H3,(H,19,20,21). The fourth-order valence-electron chi connectivity index (χ4n) is 3.71. The predicted octanol–water partition coefficient (Wildman–Crippen LogP) is 2.10. The summed E-state index contributed by atoms with van der Waals surface area (Å²) in [5, 5.41) is 13.0. The van der Waals surface area contributed by atoms with E-state index in [2.05, 4.69) is 34.5 Å². The van der Waals surface area contributed by atoms with Crippen molar-refractivity contribution in [2.24, 2.45) is 0 Å². The van der Waals surface area contributed by atoms with Crippen LogP contribution in [0.2, 0.25) is 0 Å². The summed E-state index contributed by atoms with van der Waals surface area (Å²) >= 11 is 0. The molecule has 28 heavy (non-hydrogen) atoms. The highest BCUT2D eigenvalue weighted by atomic mass is 32.2. The van der Waals surface area contributed by atoms with Crippen LogP contribution in [0.5, 0.6) is 0 Å². The quantitative estimate of drug-likeness (QED) is 0.711. The van der Waals surface area contributed by atoms with Crippen LogP contribution in [0.3, 0.4) is 0 Å². The van der Waals surface area contributed by atoms with Gasteiger partial charge >= 0.3 is 0 Å². The van der Waals surface area contributed by atoms with Gasteiger partial charge in [-0.2, -0.15) is 0 Å². The van der Waals surface area contributed by atoms with Gasteiger partial charge in [-0.3, -0.25) is 0 Å². The molecule has 150 valence electrons. The highest BCUT2D eigenvalue weighted by Gasteiger charge is 2.25. The average Bonchev–Trinajstić information content (AvgIpc) is 3.08. The molecule has 9 nitrogen and oxygen atoms in total. The van der Waals surface area contributed by atoms with Gasteiger partial charge < -0.3 is 5.32 Å². The normalized spacial score (nSPS) is 17.0. The highest BCUT2D eigenvalue weighted by molar-refractivity contribution is 7.88. The first-order valence-electron chi connectivity index (χ1n) is 9.47. The van der Waals surface area contributed by atoms with Crippen molar-refractivity contribution in [1.29, 1.82) is 0 Å². The maximum absolute atomic E-state index is 11.7. The van der Waals surface area contributed by atoms with Gasteiger partial charge in [-0.15, -0.1) is 5.10 Å². The molecule has 0 spiro atoms. The first kappa shape index (κ1) is 19.0. The largest absolute Gasteiger partial charge is 0.351 e. The van der Waals surface area contributed by atoms with Gasteiger partial charge in [-0.05, 0) is 45.2 Å². The van der Waals surface area contributed by atoms with E-state index in [1.165, 1.54) is 10.6 Å². The smallest absolute Gasteiger partial charge is 0.223 e. The summed E-state index contributed by atoms with van der Waals surface area (Å²) in [6, 6.07) is 2.34. The number of hydrogen-bond donors (Lipinski definition) is 1. The molecule has 0 unspecified atom stereocenters. The van der Waals surface area contributed by atoms with Crippen molar-refractivity contribution in [3.8, 4) is 0 Å². The van der Waals surface area contributed by atoms with Crippen LogP contribution in [0.1, 0.15) is 38.3 Å². The second-order valence-electron chi connectivity index (χ2n) is 7.73. The number of nitrogens with one attached hydrogen (secondary N) is 1. The fourth-order valence-corrected chi connectivity index (χ4v) is 4.59. The first-order chi connectivity index (χ1) is 13.2. The van der Waals surface area contributed by atoms with Crippen molar-refractivity contribution in [3.05, 3.63) is 17.8 Å². The molecule has 1 saturated heterocycles. The summed E-state index contributed by atoms with van der Waals surface area (Å²) in [6.45, 7) is 7.17. The van der Waals surface area contributed by atoms with Crippen LogP contribution in [0.4, 0.5) is 5.95 Å². The van der Waals surface area contributed by atoms with Gasteiger partial charge in [0, 0.05) is 36.8 Å². The van der Waals surface area contributed by atoms with Crippen molar-refractivity contribution in [2.45, 2.75) is 45.7 Å². The zero-order valence-corrected chi connectivity index (χ0v) is 17.4. The lowest BCUT2D eigenvalue weighted by Crippen LogP contribution is -2.42. The van der Waals surface area contributed by atoms with E-state index in [-0.39, 0.29) is 12.1 Å². The zero-order valence-electron chi connectivity index (χ0n) is 16.5. The van der Waals surface area contributed by atoms with Crippen molar-refractivity contribution in [1.82, 2.24) is 29.3 Å². The fraction of sp³-hybridized carbons (Fsp3) is 0.556. The molecule has 4 rings (SSSR count). The molecule has 1 N–H and O–H groups in total. The topological polar surface area (TPSA) is 106 Å². The van der Waals surface area contributed by atoms with Crippen LogP contribution in [-0.2, 0) is 10.0 Å². The van der Waals surface area contributed by atoms with E-state index in [4.69, 9.17) is 4.98 Å².